The largest absolute Gasteiger partial charge is 0.459 e. The maximum absolute atomic E-state index is 9.38. The highest BCUT2D eigenvalue weighted by atomic mass is 32.1. The van der Waals surface area contributed by atoms with Crippen LogP contribution in [0.5, 0.6) is 0 Å². The van der Waals surface area contributed by atoms with Crippen LogP contribution in [0, 0.1) is 11.3 Å². The van der Waals surface area contributed by atoms with E-state index in [-0.39, 0.29) is 11.7 Å². The highest BCUT2D eigenvalue weighted by molar-refractivity contribution is 7.10. The number of likely N-dealkylation sites (tertiary alicyclic amines) is 1. The number of oxazole rings is 1. The zero-order valence-corrected chi connectivity index (χ0v) is 15.2. The molecule has 0 aromatic carbocycles. The summed E-state index contributed by atoms with van der Waals surface area (Å²) in [6, 6.07) is 10.1. The molecule has 1 N–H and O–H groups in total. The second-order valence-electron chi connectivity index (χ2n) is 6.29. The van der Waals surface area contributed by atoms with Gasteiger partial charge in [0.2, 0.25) is 11.6 Å². The summed E-state index contributed by atoms with van der Waals surface area (Å²) in [6.07, 6.45) is 5.32. The van der Waals surface area contributed by atoms with Crippen LogP contribution in [0.3, 0.4) is 0 Å². The Balaban J connectivity index is 1.53. The smallest absolute Gasteiger partial charge is 0.266 e. The zero-order valence-electron chi connectivity index (χ0n) is 14.4. The van der Waals surface area contributed by atoms with Crippen molar-refractivity contribution in [2.75, 3.05) is 25.0 Å². The summed E-state index contributed by atoms with van der Waals surface area (Å²) in [7, 11) is 0. The molecule has 0 aliphatic carbocycles. The molecule has 7 heteroatoms. The van der Waals surface area contributed by atoms with Gasteiger partial charge < -0.3 is 14.2 Å². The Labute approximate surface area is 156 Å². The molecule has 3 aromatic heterocycles. The summed E-state index contributed by atoms with van der Waals surface area (Å²) in [4.78, 5) is 8.06. The lowest BCUT2D eigenvalue weighted by Gasteiger charge is -2.34. The fourth-order valence-electron chi connectivity index (χ4n) is 3.33. The van der Waals surface area contributed by atoms with E-state index in [1.807, 2.05) is 0 Å². The Kier molecular flexibility index (Phi) is 5.04. The van der Waals surface area contributed by atoms with Crippen LogP contribution in [0.4, 0.5) is 5.88 Å². The normalized spacial score (nSPS) is 16.3. The van der Waals surface area contributed by atoms with E-state index in [1.54, 1.807) is 29.7 Å². The van der Waals surface area contributed by atoms with E-state index >= 15 is 0 Å². The molecular weight excluding hydrogens is 348 g/mol. The fourth-order valence-corrected chi connectivity index (χ4v) is 4.19. The van der Waals surface area contributed by atoms with Crippen molar-refractivity contribution in [3.63, 3.8) is 0 Å². The molecule has 134 valence electrons. The molecule has 0 radical (unpaired) electrons. The molecule has 0 amide bonds. The molecule has 0 unspecified atom stereocenters. The molecule has 4 heterocycles. The molecule has 1 atom stereocenters. The molecule has 6 nitrogen and oxygen atoms in total. The Morgan fingerprint density at radius 3 is 2.85 bits per heavy atom. The molecule has 1 saturated heterocycles. The van der Waals surface area contributed by atoms with Crippen LogP contribution in [-0.2, 0) is 0 Å². The van der Waals surface area contributed by atoms with Gasteiger partial charge in [0.1, 0.15) is 6.07 Å². The van der Waals surface area contributed by atoms with Gasteiger partial charge in [-0.2, -0.15) is 10.2 Å². The van der Waals surface area contributed by atoms with E-state index in [9.17, 15) is 5.26 Å². The zero-order chi connectivity index (χ0) is 17.8. The molecule has 4 rings (SSSR count). The van der Waals surface area contributed by atoms with E-state index in [1.165, 1.54) is 24.1 Å². The van der Waals surface area contributed by atoms with Gasteiger partial charge in [0.25, 0.3) is 5.89 Å². The summed E-state index contributed by atoms with van der Waals surface area (Å²) in [6.45, 7) is 2.87. The van der Waals surface area contributed by atoms with Crippen LogP contribution >= 0.6 is 11.3 Å². The van der Waals surface area contributed by atoms with Gasteiger partial charge in [0, 0.05) is 11.4 Å². The Morgan fingerprint density at radius 2 is 2.15 bits per heavy atom. The van der Waals surface area contributed by atoms with Crippen molar-refractivity contribution in [3.05, 3.63) is 46.5 Å². The predicted octanol–water partition coefficient (Wildman–Crippen LogP) is 4.51. The van der Waals surface area contributed by atoms with E-state index in [0.717, 1.165) is 13.1 Å². The lowest BCUT2D eigenvalue weighted by atomic mass is 10.1. The third-order valence-corrected chi connectivity index (χ3v) is 5.60. The number of piperidine rings is 1. The molecule has 1 fully saturated rings. The molecule has 26 heavy (non-hydrogen) atoms. The molecule has 1 aliphatic rings. The highest BCUT2D eigenvalue weighted by Gasteiger charge is 2.24. The van der Waals surface area contributed by atoms with E-state index in [2.05, 4.69) is 38.8 Å². The van der Waals surface area contributed by atoms with Gasteiger partial charge in [-0.05, 0) is 49.5 Å². The number of rotatable bonds is 6. The number of hydrogen-bond acceptors (Lipinski definition) is 7. The molecule has 3 aromatic rings. The first-order valence-corrected chi connectivity index (χ1v) is 9.69. The van der Waals surface area contributed by atoms with Crippen molar-refractivity contribution >= 4 is 17.2 Å². The number of nitriles is 1. The average Bonchev–Trinajstić information content (AvgIpc) is 3.44. The Morgan fingerprint density at radius 1 is 1.27 bits per heavy atom. The number of thiophene rings is 1. The second-order valence-corrected chi connectivity index (χ2v) is 7.27. The standard InChI is InChI=1S/C19H20N4O2S/c20-12-14-18(25-19(22-14)16-6-4-10-24-16)21-13-15(17-7-5-11-26-17)23-8-2-1-3-9-23/h4-7,10-11,15,21H,1-3,8-9,13H2/t15-/m0/s1. The minimum absolute atomic E-state index is 0.250. The van der Waals surface area contributed by atoms with Crippen molar-refractivity contribution < 1.29 is 8.83 Å². The summed E-state index contributed by atoms with van der Waals surface area (Å²) < 4.78 is 11.1. The first kappa shape index (κ1) is 16.9. The molecule has 0 spiro atoms. The maximum atomic E-state index is 9.38. The van der Waals surface area contributed by atoms with Crippen molar-refractivity contribution in [1.29, 1.82) is 5.26 Å². The lowest BCUT2D eigenvalue weighted by Crippen LogP contribution is -2.36. The molecule has 0 saturated carbocycles. The maximum Gasteiger partial charge on any atom is 0.266 e. The van der Waals surface area contributed by atoms with Crippen LogP contribution < -0.4 is 5.32 Å². The van der Waals surface area contributed by atoms with Crippen LogP contribution in [0.15, 0.2) is 44.7 Å². The van der Waals surface area contributed by atoms with Crippen molar-refractivity contribution in [2.24, 2.45) is 0 Å². The van der Waals surface area contributed by atoms with Crippen LogP contribution in [0.2, 0.25) is 0 Å². The van der Waals surface area contributed by atoms with Crippen LogP contribution in [0.1, 0.15) is 35.9 Å². The van der Waals surface area contributed by atoms with Crippen molar-refractivity contribution in [1.82, 2.24) is 9.88 Å². The van der Waals surface area contributed by atoms with E-state index < -0.39 is 0 Å². The van der Waals surface area contributed by atoms with Gasteiger partial charge in [-0.1, -0.05) is 12.5 Å². The van der Waals surface area contributed by atoms with Crippen molar-refractivity contribution in [3.8, 4) is 17.7 Å². The quantitative estimate of drug-likeness (QED) is 0.690. The first-order valence-electron chi connectivity index (χ1n) is 8.81. The topological polar surface area (TPSA) is 78.2 Å². The van der Waals surface area contributed by atoms with Gasteiger partial charge >= 0.3 is 0 Å². The highest BCUT2D eigenvalue weighted by Crippen LogP contribution is 2.30. The Hall–Kier alpha value is -2.56. The lowest BCUT2D eigenvalue weighted by molar-refractivity contribution is 0.172. The predicted molar refractivity (Wildman–Crippen MR) is 99.9 cm³/mol. The van der Waals surface area contributed by atoms with Gasteiger partial charge in [-0.3, -0.25) is 4.90 Å². The molecular formula is C19H20N4O2S. The van der Waals surface area contributed by atoms with Gasteiger partial charge in [0.15, 0.2) is 5.76 Å². The minimum Gasteiger partial charge on any atom is -0.459 e. The molecule has 1 aliphatic heterocycles. The third-order valence-electron chi connectivity index (χ3n) is 4.62. The summed E-state index contributed by atoms with van der Waals surface area (Å²) in [5.41, 5.74) is 0.250. The number of anilines is 1. The summed E-state index contributed by atoms with van der Waals surface area (Å²) in [5.74, 6) is 1.23. The average molecular weight is 368 g/mol. The van der Waals surface area contributed by atoms with Crippen LogP contribution in [-0.4, -0.2) is 29.5 Å². The van der Waals surface area contributed by atoms with Gasteiger partial charge in [0.05, 0.1) is 12.3 Å². The SMILES string of the molecule is N#Cc1nc(-c2ccco2)oc1NC[C@@H](c1cccs1)N1CCCCC1. The second kappa shape index (κ2) is 7.77. The number of aromatic nitrogens is 1. The number of nitrogens with one attached hydrogen (secondary N) is 1. The van der Waals surface area contributed by atoms with E-state index in [4.69, 9.17) is 8.83 Å². The number of hydrogen-bond donors (Lipinski definition) is 1. The third kappa shape index (κ3) is 3.52. The fraction of sp³-hybridized carbons (Fsp3) is 0.368. The Bertz CT molecular complexity index is 858. The summed E-state index contributed by atoms with van der Waals surface area (Å²) >= 11 is 1.77. The summed E-state index contributed by atoms with van der Waals surface area (Å²) in [5, 5.41) is 14.8. The van der Waals surface area contributed by atoms with Crippen LogP contribution in [0.25, 0.3) is 11.7 Å². The first-order chi connectivity index (χ1) is 12.8. The number of nitrogens with zero attached hydrogens (tertiary/aromatic N) is 3. The van der Waals surface area contributed by atoms with Crippen molar-refractivity contribution in [2.45, 2.75) is 25.3 Å². The monoisotopic (exact) mass is 368 g/mol. The number of furan rings is 1. The molecule has 0 bridgehead atoms. The van der Waals surface area contributed by atoms with Gasteiger partial charge in [-0.15, -0.1) is 11.3 Å². The van der Waals surface area contributed by atoms with Gasteiger partial charge in [-0.25, -0.2) is 0 Å². The van der Waals surface area contributed by atoms with E-state index in [0.29, 0.717) is 24.1 Å². The minimum atomic E-state index is 0.250.